The van der Waals surface area contributed by atoms with E-state index < -0.39 is 37.9 Å². The molecule has 0 aliphatic heterocycles. The van der Waals surface area contributed by atoms with E-state index in [2.05, 4.69) is 14.9 Å². The molecule has 12 heteroatoms. The number of aromatic nitrogens is 2. The molecule has 2 rings (SSSR count). The number of amides is 1. The number of hydrogen-bond acceptors (Lipinski definition) is 4. The van der Waals surface area contributed by atoms with Gasteiger partial charge in [-0.3, -0.25) is 9.32 Å². The molecule has 0 fully saturated rings. The van der Waals surface area contributed by atoms with Crippen molar-refractivity contribution in [1.82, 2.24) is 9.78 Å². The van der Waals surface area contributed by atoms with Crippen LogP contribution >= 0.6 is 19.4 Å². The average Bonchev–Trinajstić information content (AvgIpc) is 2.80. The van der Waals surface area contributed by atoms with E-state index in [4.69, 9.17) is 21.4 Å². The van der Waals surface area contributed by atoms with Crippen LogP contribution in [0, 0.1) is 11.8 Å². The second-order valence-corrected chi connectivity index (χ2v) is 5.83. The number of hydrogen-bond donors (Lipinski definition) is 3. The zero-order valence-electron chi connectivity index (χ0n) is 11.1. The van der Waals surface area contributed by atoms with Crippen LogP contribution in [0.3, 0.4) is 0 Å². The lowest BCUT2D eigenvalue weighted by molar-refractivity contribution is 0.101. The Kier molecular flexibility index (Phi) is 5.12. The zero-order chi connectivity index (χ0) is 17.2. The monoisotopic (exact) mass is 367 g/mol. The van der Waals surface area contributed by atoms with Gasteiger partial charge in [-0.2, -0.15) is 9.49 Å². The lowest BCUT2D eigenvalue weighted by Crippen LogP contribution is -2.14. The summed E-state index contributed by atoms with van der Waals surface area (Å²) in [4.78, 5) is 29.0. The van der Waals surface area contributed by atoms with Crippen LogP contribution in [0.15, 0.2) is 24.3 Å². The average molecular weight is 368 g/mol. The number of phosphoric acid groups is 1. The summed E-state index contributed by atoms with van der Waals surface area (Å²) in [5.74, 6) is -2.50. The Bertz CT molecular complexity index is 794. The molecule has 0 bridgehead atoms. The summed E-state index contributed by atoms with van der Waals surface area (Å²) in [5, 5.41) is 5.73. The molecule has 0 aliphatic carbocycles. The van der Waals surface area contributed by atoms with E-state index in [0.717, 1.165) is 18.2 Å². The molecular weight excluding hydrogens is 359 g/mol. The predicted molar refractivity (Wildman–Crippen MR) is 74.7 cm³/mol. The molecule has 2 aromatic rings. The van der Waals surface area contributed by atoms with Crippen molar-refractivity contribution in [1.29, 1.82) is 0 Å². The van der Waals surface area contributed by atoms with Crippen molar-refractivity contribution in [3.8, 4) is 0 Å². The van der Waals surface area contributed by atoms with Crippen molar-refractivity contribution >= 4 is 31.0 Å². The Morgan fingerprint density at radius 1 is 1.39 bits per heavy atom. The number of carbonyl (C=O) groups excluding carboxylic acids is 1. The van der Waals surface area contributed by atoms with Gasteiger partial charge in [-0.05, 0) is 18.2 Å². The Morgan fingerprint density at radius 2 is 2.09 bits per heavy atom. The minimum Gasteiger partial charge on any atom is -0.319 e. The minimum absolute atomic E-state index is 0.0666. The summed E-state index contributed by atoms with van der Waals surface area (Å²) in [6.07, 6.45) is 0. The minimum atomic E-state index is -4.81. The van der Waals surface area contributed by atoms with Crippen LogP contribution in [0.2, 0.25) is 5.02 Å². The third kappa shape index (κ3) is 4.81. The normalized spacial score (nSPS) is 11.5. The van der Waals surface area contributed by atoms with Gasteiger partial charge in [0.15, 0.2) is 12.4 Å². The molecule has 1 aromatic heterocycles. The Balaban J connectivity index is 2.12. The molecule has 1 aromatic carbocycles. The second-order valence-electron chi connectivity index (χ2n) is 4.18. The van der Waals surface area contributed by atoms with Gasteiger partial charge in [0.25, 0.3) is 5.91 Å². The molecule has 0 atom stereocenters. The van der Waals surface area contributed by atoms with Gasteiger partial charge in [0, 0.05) is 6.07 Å². The summed E-state index contributed by atoms with van der Waals surface area (Å²) < 4.78 is 41.5. The molecule has 0 saturated heterocycles. The van der Waals surface area contributed by atoms with Crippen LogP contribution in [0.1, 0.15) is 10.5 Å². The molecule has 23 heavy (non-hydrogen) atoms. The number of nitrogens with zero attached hydrogens (tertiary/aromatic N) is 2. The maximum atomic E-state index is 13.5. The first kappa shape index (κ1) is 17.5. The van der Waals surface area contributed by atoms with Gasteiger partial charge in [-0.15, -0.1) is 0 Å². The van der Waals surface area contributed by atoms with Crippen molar-refractivity contribution in [3.63, 3.8) is 0 Å². The fourth-order valence-electron chi connectivity index (χ4n) is 1.50. The summed E-state index contributed by atoms with van der Waals surface area (Å²) in [7, 11) is -4.81. The smallest absolute Gasteiger partial charge is 0.319 e. The number of rotatable bonds is 5. The van der Waals surface area contributed by atoms with Gasteiger partial charge in [0.05, 0.1) is 10.7 Å². The SMILES string of the molecule is O=C(Nc1ccc(F)cc1Cl)c1cc(F)n(COP(=O)(O)O)n1. The van der Waals surface area contributed by atoms with E-state index >= 15 is 0 Å². The van der Waals surface area contributed by atoms with Crippen LogP contribution in [0.5, 0.6) is 0 Å². The molecule has 1 heterocycles. The van der Waals surface area contributed by atoms with E-state index in [1.54, 1.807) is 0 Å². The predicted octanol–water partition coefficient (Wildman–Crippen LogP) is 2.13. The van der Waals surface area contributed by atoms with Crippen molar-refractivity contribution in [2.75, 3.05) is 5.32 Å². The van der Waals surface area contributed by atoms with Gasteiger partial charge in [-0.1, -0.05) is 11.6 Å². The molecule has 0 spiro atoms. The first-order valence-corrected chi connectivity index (χ1v) is 7.76. The number of phosphoric ester groups is 1. The topological polar surface area (TPSA) is 114 Å². The zero-order valence-corrected chi connectivity index (χ0v) is 12.8. The highest BCUT2D eigenvalue weighted by Gasteiger charge is 2.19. The van der Waals surface area contributed by atoms with E-state index in [9.17, 15) is 18.1 Å². The Hall–Kier alpha value is -1.84. The first-order chi connectivity index (χ1) is 10.7. The molecule has 1 amide bonds. The standard InChI is InChI=1S/C11H9ClF2N3O5P/c12-7-3-6(13)1-2-8(7)15-11(18)9-4-10(14)17(16-9)5-22-23(19,20)21/h1-4H,5H2,(H,15,18)(H2,19,20,21). The van der Waals surface area contributed by atoms with Crippen LogP contribution < -0.4 is 5.32 Å². The van der Waals surface area contributed by atoms with Gasteiger partial charge < -0.3 is 15.1 Å². The number of anilines is 1. The summed E-state index contributed by atoms with van der Waals surface area (Å²) >= 11 is 5.74. The Morgan fingerprint density at radius 3 is 2.70 bits per heavy atom. The second kappa shape index (κ2) is 6.73. The van der Waals surface area contributed by atoms with Crippen LogP contribution in [0.4, 0.5) is 14.5 Å². The third-order valence-electron chi connectivity index (χ3n) is 2.49. The maximum Gasteiger partial charge on any atom is 0.471 e. The highest BCUT2D eigenvalue weighted by Crippen LogP contribution is 2.36. The molecule has 124 valence electrons. The first-order valence-electron chi connectivity index (χ1n) is 5.85. The number of benzene rings is 1. The quantitative estimate of drug-likeness (QED) is 0.698. The maximum absolute atomic E-state index is 13.5. The molecule has 8 nitrogen and oxygen atoms in total. The van der Waals surface area contributed by atoms with E-state index in [-0.39, 0.29) is 10.7 Å². The highest BCUT2D eigenvalue weighted by atomic mass is 35.5. The van der Waals surface area contributed by atoms with Gasteiger partial charge >= 0.3 is 7.82 Å². The third-order valence-corrected chi connectivity index (χ3v) is 3.26. The molecule has 0 radical (unpaired) electrons. The van der Waals surface area contributed by atoms with Gasteiger partial charge in [-0.25, -0.2) is 13.6 Å². The van der Waals surface area contributed by atoms with Gasteiger partial charge in [0.2, 0.25) is 5.95 Å². The van der Waals surface area contributed by atoms with Crippen LogP contribution in [0.25, 0.3) is 0 Å². The number of carbonyl (C=O) groups is 1. The van der Waals surface area contributed by atoms with Crippen molar-refractivity contribution in [3.05, 3.63) is 46.7 Å². The lowest BCUT2D eigenvalue weighted by atomic mass is 10.3. The molecule has 3 N–H and O–H groups in total. The summed E-state index contributed by atoms with van der Waals surface area (Å²) in [5.41, 5.74) is -0.309. The molecule has 0 aliphatic rings. The largest absolute Gasteiger partial charge is 0.471 e. The van der Waals surface area contributed by atoms with E-state index in [0.29, 0.717) is 4.68 Å². The van der Waals surface area contributed by atoms with Gasteiger partial charge in [0.1, 0.15) is 5.82 Å². The Labute approximate surface area is 132 Å². The lowest BCUT2D eigenvalue weighted by Gasteiger charge is -2.06. The number of halogens is 3. The fraction of sp³-hybridized carbons (Fsp3) is 0.0909. The number of nitrogens with one attached hydrogen (secondary N) is 1. The van der Waals surface area contributed by atoms with Crippen molar-refractivity contribution < 1.29 is 32.5 Å². The van der Waals surface area contributed by atoms with Crippen LogP contribution in [-0.4, -0.2) is 25.5 Å². The molecule has 0 unspecified atom stereocenters. The summed E-state index contributed by atoms with van der Waals surface area (Å²) in [6.45, 7) is -0.888. The van der Waals surface area contributed by atoms with E-state index in [1.165, 1.54) is 6.07 Å². The molecular formula is C11H9ClF2N3O5P. The van der Waals surface area contributed by atoms with E-state index in [1.807, 2.05) is 0 Å². The highest BCUT2D eigenvalue weighted by molar-refractivity contribution is 7.46. The fourth-order valence-corrected chi connectivity index (χ4v) is 1.98. The summed E-state index contributed by atoms with van der Waals surface area (Å²) in [6, 6.07) is 3.98. The molecule has 0 saturated carbocycles. The van der Waals surface area contributed by atoms with Crippen molar-refractivity contribution in [2.24, 2.45) is 0 Å². The van der Waals surface area contributed by atoms with Crippen LogP contribution in [-0.2, 0) is 15.8 Å². The van der Waals surface area contributed by atoms with Crippen molar-refractivity contribution in [2.45, 2.75) is 6.73 Å².